The minimum absolute atomic E-state index is 0.0483. The van der Waals surface area contributed by atoms with Crippen molar-refractivity contribution < 1.29 is 18.9 Å². The van der Waals surface area contributed by atoms with Gasteiger partial charge in [0.2, 0.25) is 0 Å². The smallest absolute Gasteiger partial charge is 0.307 e. The molecule has 0 spiro atoms. The lowest BCUT2D eigenvalue weighted by Crippen LogP contribution is -2.16. The topological polar surface area (TPSA) is 112 Å². The van der Waals surface area contributed by atoms with Gasteiger partial charge in [0, 0.05) is 23.1 Å². The van der Waals surface area contributed by atoms with Gasteiger partial charge in [-0.2, -0.15) is 5.10 Å². The third-order valence-corrected chi connectivity index (χ3v) is 5.14. The zero-order valence-corrected chi connectivity index (χ0v) is 18.6. The maximum absolute atomic E-state index is 12.3. The molecule has 0 unspecified atom stereocenters. The van der Waals surface area contributed by atoms with E-state index in [0.29, 0.717) is 11.5 Å². The molecule has 0 aliphatic rings. The summed E-state index contributed by atoms with van der Waals surface area (Å²) in [5.74, 6) is 0.604. The molecule has 34 heavy (non-hydrogen) atoms. The molecule has 2 aromatic heterocycles. The highest BCUT2D eigenvalue weighted by Crippen LogP contribution is 2.21. The Hall–Kier alpha value is -4.66. The standard InChI is InChI=1S/C25H22N4O5/c1-17-7-8-18(2)28(17)20-9-11-21(12-10-20)33-16-22-13-14-24(34-22)25(30)27-26-15-19-5-3-4-6-23(19)29(31)32/h3-15H,16H2,1-2H3,(H,27,30)/b26-15+. The second kappa shape index (κ2) is 9.86. The summed E-state index contributed by atoms with van der Waals surface area (Å²) >= 11 is 0. The number of rotatable bonds is 8. The van der Waals surface area contributed by atoms with Crippen LogP contribution in [0, 0.1) is 24.0 Å². The minimum atomic E-state index is -0.581. The maximum Gasteiger partial charge on any atom is 0.307 e. The highest BCUT2D eigenvalue weighted by Gasteiger charge is 2.13. The highest BCUT2D eigenvalue weighted by molar-refractivity contribution is 5.93. The minimum Gasteiger partial charge on any atom is -0.486 e. The van der Waals surface area contributed by atoms with Gasteiger partial charge in [0.15, 0.2) is 5.76 Å². The average Bonchev–Trinajstić information content (AvgIpc) is 3.44. The van der Waals surface area contributed by atoms with Gasteiger partial charge in [0.25, 0.3) is 5.69 Å². The fourth-order valence-corrected chi connectivity index (χ4v) is 3.48. The van der Waals surface area contributed by atoms with E-state index >= 15 is 0 Å². The lowest BCUT2D eigenvalue weighted by atomic mass is 10.2. The van der Waals surface area contributed by atoms with Crippen LogP contribution in [0.1, 0.15) is 33.3 Å². The molecule has 1 N–H and O–H groups in total. The Morgan fingerprint density at radius 1 is 1.06 bits per heavy atom. The zero-order chi connectivity index (χ0) is 24.1. The van der Waals surface area contributed by atoms with Crippen molar-refractivity contribution in [3.05, 3.63) is 111 Å². The van der Waals surface area contributed by atoms with Gasteiger partial charge in [-0.3, -0.25) is 14.9 Å². The summed E-state index contributed by atoms with van der Waals surface area (Å²) < 4.78 is 13.4. The molecule has 1 amide bonds. The molecule has 4 rings (SSSR count). The fourth-order valence-electron chi connectivity index (χ4n) is 3.48. The van der Waals surface area contributed by atoms with Crippen molar-refractivity contribution in [2.75, 3.05) is 0 Å². The molecule has 0 bridgehead atoms. The number of para-hydroxylation sites is 1. The Labute approximate surface area is 195 Å². The molecule has 0 saturated carbocycles. The Kier molecular flexibility index (Phi) is 6.54. The average molecular weight is 458 g/mol. The van der Waals surface area contributed by atoms with Crippen molar-refractivity contribution in [2.24, 2.45) is 5.10 Å². The normalized spacial score (nSPS) is 11.0. The number of ether oxygens (including phenoxy) is 1. The second-order valence-electron chi connectivity index (χ2n) is 7.52. The number of nitrogens with one attached hydrogen (secondary N) is 1. The van der Waals surface area contributed by atoms with Crippen LogP contribution in [-0.4, -0.2) is 21.6 Å². The van der Waals surface area contributed by atoms with Crippen LogP contribution >= 0.6 is 0 Å². The van der Waals surface area contributed by atoms with E-state index in [1.807, 2.05) is 24.3 Å². The van der Waals surface area contributed by atoms with E-state index in [1.165, 1.54) is 24.4 Å². The second-order valence-corrected chi connectivity index (χ2v) is 7.52. The van der Waals surface area contributed by atoms with Gasteiger partial charge in [0.05, 0.1) is 16.7 Å². The van der Waals surface area contributed by atoms with Gasteiger partial charge in [-0.25, -0.2) is 5.43 Å². The number of furan rings is 1. The van der Waals surface area contributed by atoms with Gasteiger partial charge in [-0.15, -0.1) is 0 Å². The number of nitro benzene ring substituents is 1. The van der Waals surface area contributed by atoms with Gasteiger partial charge < -0.3 is 13.7 Å². The summed E-state index contributed by atoms with van der Waals surface area (Å²) in [6, 6.07) is 21.1. The molecule has 9 heteroatoms. The molecular weight excluding hydrogens is 436 g/mol. The van der Waals surface area contributed by atoms with Crippen LogP contribution in [-0.2, 0) is 6.61 Å². The van der Waals surface area contributed by atoms with Crippen molar-refractivity contribution in [3.8, 4) is 11.4 Å². The van der Waals surface area contributed by atoms with Crippen LogP contribution in [0.5, 0.6) is 5.75 Å². The predicted octanol–water partition coefficient (Wildman–Crippen LogP) is 4.94. The highest BCUT2D eigenvalue weighted by atomic mass is 16.6. The lowest BCUT2D eigenvalue weighted by molar-refractivity contribution is -0.385. The van der Waals surface area contributed by atoms with Crippen molar-refractivity contribution in [3.63, 3.8) is 0 Å². The molecule has 0 atom stereocenters. The maximum atomic E-state index is 12.3. The van der Waals surface area contributed by atoms with Crippen molar-refractivity contribution in [1.82, 2.24) is 9.99 Å². The molecule has 0 aliphatic heterocycles. The van der Waals surface area contributed by atoms with E-state index in [-0.39, 0.29) is 23.6 Å². The van der Waals surface area contributed by atoms with Crippen LogP contribution in [0.15, 0.2) is 82.3 Å². The summed E-state index contributed by atoms with van der Waals surface area (Å²) in [6.07, 6.45) is 1.21. The molecular formula is C25H22N4O5. The Balaban J connectivity index is 1.33. The number of hydrazone groups is 1. The van der Waals surface area contributed by atoms with Gasteiger partial charge in [-0.1, -0.05) is 12.1 Å². The molecule has 0 radical (unpaired) electrons. The Morgan fingerprint density at radius 3 is 2.47 bits per heavy atom. The monoisotopic (exact) mass is 458 g/mol. The summed E-state index contributed by atoms with van der Waals surface area (Å²) in [5.41, 5.74) is 5.82. The van der Waals surface area contributed by atoms with Crippen molar-refractivity contribution in [1.29, 1.82) is 0 Å². The van der Waals surface area contributed by atoms with Gasteiger partial charge >= 0.3 is 5.91 Å². The molecule has 2 heterocycles. The van der Waals surface area contributed by atoms with E-state index < -0.39 is 10.8 Å². The first-order chi connectivity index (χ1) is 16.4. The largest absolute Gasteiger partial charge is 0.486 e. The fraction of sp³-hybridized carbons (Fsp3) is 0.120. The number of carbonyl (C=O) groups excluding carboxylic acids is 1. The number of benzene rings is 2. The number of amides is 1. The molecule has 0 aliphatic carbocycles. The van der Waals surface area contributed by atoms with Gasteiger partial charge in [0.1, 0.15) is 18.1 Å². The first-order valence-electron chi connectivity index (χ1n) is 10.5. The summed E-state index contributed by atoms with van der Waals surface area (Å²) in [7, 11) is 0. The number of hydrogen-bond acceptors (Lipinski definition) is 6. The zero-order valence-electron chi connectivity index (χ0n) is 18.6. The number of nitro groups is 1. The van der Waals surface area contributed by atoms with E-state index in [2.05, 4.69) is 41.1 Å². The van der Waals surface area contributed by atoms with Crippen LogP contribution in [0.25, 0.3) is 5.69 Å². The third-order valence-electron chi connectivity index (χ3n) is 5.14. The van der Waals surface area contributed by atoms with E-state index in [1.54, 1.807) is 18.2 Å². The van der Waals surface area contributed by atoms with Crippen molar-refractivity contribution >= 4 is 17.8 Å². The van der Waals surface area contributed by atoms with E-state index in [0.717, 1.165) is 17.1 Å². The number of aromatic nitrogens is 1. The van der Waals surface area contributed by atoms with Crippen LogP contribution < -0.4 is 10.2 Å². The van der Waals surface area contributed by atoms with Crippen molar-refractivity contribution in [2.45, 2.75) is 20.5 Å². The quantitative estimate of drug-likeness (QED) is 0.228. The lowest BCUT2D eigenvalue weighted by Gasteiger charge is -2.10. The summed E-state index contributed by atoms with van der Waals surface area (Å²) in [5, 5.41) is 14.8. The number of nitrogens with zero attached hydrogens (tertiary/aromatic N) is 3. The Bertz CT molecular complexity index is 1330. The molecule has 0 saturated heterocycles. The molecule has 9 nitrogen and oxygen atoms in total. The Morgan fingerprint density at radius 2 is 1.76 bits per heavy atom. The third kappa shape index (κ3) is 5.04. The van der Waals surface area contributed by atoms with Crippen LogP contribution in [0.4, 0.5) is 5.69 Å². The molecule has 172 valence electrons. The number of aryl methyl sites for hydroxylation is 2. The van der Waals surface area contributed by atoms with Crippen LogP contribution in [0.2, 0.25) is 0 Å². The molecule has 0 fully saturated rings. The first kappa shape index (κ1) is 22.5. The molecule has 2 aromatic carbocycles. The first-order valence-corrected chi connectivity index (χ1v) is 10.5. The number of hydrogen-bond donors (Lipinski definition) is 1. The van der Waals surface area contributed by atoms with Crippen LogP contribution in [0.3, 0.4) is 0 Å². The number of carbonyl (C=O) groups is 1. The van der Waals surface area contributed by atoms with Gasteiger partial charge in [-0.05, 0) is 68.4 Å². The summed E-state index contributed by atoms with van der Waals surface area (Å²) in [4.78, 5) is 22.8. The molecule has 4 aromatic rings. The summed E-state index contributed by atoms with van der Waals surface area (Å²) in [6.45, 7) is 4.26. The SMILES string of the molecule is Cc1ccc(C)n1-c1ccc(OCc2ccc(C(=O)N/N=C/c3ccccc3[N+](=O)[O-])o2)cc1. The van der Waals surface area contributed by atoms with E-state index in [9.17, 15) is 14.9 Å². The van der Waals surface area contributed by atoms with E-state index in [4.69, 9.17) is 9.15 Å². The predicted molar refractivity (Wildman–Crippen MR) is 126 cm³/mol.